The molecule has 0 saturated heterocycles. The lowest BCUT2D eigenvalue weighted by molar-refractivity contribution is -0.126. The van der Waals surface area contributed by atoms with Crippen molar-refractivity contribution in [3.05, 3.63) is 29.8 Å². The van der Waals surface area contributed by atoms with Gasteiger partial charge in [-0.1, -0.05) is 31.0 Å². The second-order valence-electron chi connectivity index (χ2n) is 6.41. The molecule has 0 spiro atoms. The molecule has 1 aromatic carbocycles. The monoisotopic (exact) mass is 324 g/mol. The number of nitrogens with two attached hydrogens (primary N) is 1. The van der Waals surface area contributed by atoms with Crippen molar-refractivity contribution in [3.63, 3.8) is 0 Å². The van der Waals surface area contributed by atoms with Gasteiger partial charge in [-0.05, 0) is 37.7 Å². The lowest BCUT2D eigenvalue weighted by atomic mass is 9.98. The molecule has 0 aromatic heterocycles. The van der Waals surface area contributed by atoms with Gasteiger partial charge in [-0.2, -0.15) is 0 Å². The van der Waals surface area contributed by atoms with Gasteiger partial charge in [0, 0.05) is 12.1 Å². The molecular weight excluding hydrogens is 300 g/mol. The molecule has 22 heavy (non-hydrogen) atoms. The van der Waals surface area contributed by atoms with E-state index in [4.69, 9.17) is 10.5 Å². The van der Waals surface area contributed by atoms with Crippen molar-refractivity contribution in [3.8, 4) is 5.75 Å². The Balaban J connectivity index is 0.00000176. The highest BCUT2D eigenvalue weighted by Crippen LogP contribution is 2.30. The van der Waals surface area contributed by atoms with Gasteiger partial charge in [-0.3, -0.25) is 4.79 Å². The van der Waals surface area contributed by atoms with Crippen LogP contribution in [-0.2, 0) is 11.3 Å². The van der Waals surface area contributed by atoms with Gasteiger partial charge in [0.05, 0.1) is 12.1 Å². The first kappa shape index (κ1) is 17.1. The predicted molar refractivity (Wildman–Crippen MR) is 89.1 cm³/mol. The van der Waals surface area contributed by atoms with Crippen molar-refractivity contribution >= 4 is 18.3 Å². The summed E-state index contributed by atoms with van der Waals surface area (Å²) in [5, 5.41) is 2.98. The van der Waals surface area contributed by atoms with Crippen LogP contribution in [0.15, 0.2) is 24.3 Å². The largest absolute Gasteiger partial charge is 0.493 e. The molecule has 0 aliphatic heterocycles. The zero-order valence-corrected chi connectivity index (χ0v) is 13.7. The first-order valence-electron chi connectivity index (χ1n) is 7.95. The van der Waals surface area contributed by atoms with Crippen LogP contribution in [0.5, 0.6) is 5.75 Å². The number of rotatable bonds is 6. The van der Waals surface area contributed by atoms with Gasteiger partial charge in [0.2, 0.25) is 5.91 Å². The highest BCUT2D eigenvalue weighted by atomic mass is 35.5. The number of halogens is 1. The van der Waals surface area contributed by atoms with Gasteiger partial charge in [0.1, 0.15) is 5.75 Å². The van der Waals surface area contributed by atoms with E-state index >= 15 is 0 Å². The minimum Gasteiger partial charge on any atom is -0.493 e. The Morgan fingerprint density at radius 1 is 1.27 bits per heavy atom. The van der Waals surface area contributed by atoms with Crippen molar-refractivity contribution in [2.45, 2.75) is 50.6 Å². The van der Waals surface area contributed by atoms with Crippen LogP contribution in [0.2, 0.25) is 0 Å². The maximum absolute atomic E-state index is 12.3. The lowest BCUT2D eigenvalue weighted by Crippen LogP contribution is -2.51. The van der Waals surface area contributed by atoms with Gasteiger partial charge in [-0.25, -0.2) is 0 Å². The fourth-order valence-corrected chi connectivity index (χ4v) is 2.87. The summed E-state index contributed by atoms with van der Waals surface area (Å²) >= 11 is 0. The molecule has 2 aliphatic rings. The maximum atomic E-state index is 12.3. The van der Waals surface area contributed by atoms with E-state index < -0.39 is 5.54 Å². The van der Waals surface area contributed by atoms with Crippen molar-refractivity contribution < 1.29 is 9.53 Å². The summed E-state index contributed by atoms with van der Waals surface area (Å²) in [5.41, 5.74) is 6.53. The van der Waals surface area contributed by atoms with Crippen molar-refractivity contribution in [1.82, 2.24) is 5.32 Å². The molecule has 5 heteroatoms. The Morgan fingerprint density at radius 3 is 2.64 bits per heavy atom. The minimum absolute atomic E-state index is 0. The normalized spacial score (nSPS) is 19.3. The predicted octanol–water partition coefficient (Wildman–Crippen LogP) is 2.78. The Kier molecular flexibility index (Phi) is 5.70. The smallest absolute Gasteiger partial charge is 0.240 e. The summed E-state index contributed by atoms with van der Waals surface area (Å²) < 4.78 is 5.86. The summed E-state index contributed by atoms with van der Waals surface area (Å²) in [6.07, 6.45) is 6.22. The molecule has 1 aromatic rings. The van der Waals surface area contributed by atoms with E-state index in [1.54, 1.807) is 0 Å². The highest BCUT2D eigenvalue weighted by Gasteiger charge is 2.36. The molecule has 3 N–H and O–H groups in total. The number of benzene rings is 1. The fourth-order valence-electron chi connectivity index (χ4n) is 2.87. The third-order valence-electron chi connectivity index (χ3n) is 4.53. The lowest BCUT2D eigenvalue weighted by Gasteiger charge is -2.22. The van der Waals surface area contributed by atoms with Crippen LogP contribution in [-0.4, -0.2) is 18.1 Å². The van der Waals surface area contributed by atoms with Crippen LogP contribution in [0.3, 0.4) is 0 Å². The first-order chi connectivity index (χ1) is 10.2. The topological polar surface area (TPSA) is 64.4 Å². The average molecular weight is 325 g/mol. The molecule has 122 valence electrons. The molecule has 1 amide bonds. The van der Waals surface area contributed by atoms with Crippen LogP contribution in [0.4, 0.5) is 0 Å². The molecule has 0 atom stereocenters. The molecule has 0 unspecified atom stereocenters. The van der Waals surface area contributed by atoms with E-state index in [9.17, 15) is 4.79 Å². The Morgan fingerprint density at radius 2 is 1.95 bits per heavy atom. The van der Waals surface area contributed by atoms with Crippen molar-refractivity contribution in [1.29, 1.82) is 0 Å². The number of carbonyl (C=O) groups excluding carboxylic acids is 1. The number of amides is 1. The third kappa shape index (κ3) is 4.14. The highest BCUT2D eigenvalue weighted by molar-refractivity contribution is 5.86. The number of nitrogens with one attached hydrogen (secondary N) is 1. The molecule has 4 nitrogen and oxygen atoms in total. The molecule has 0 heterocycles. The van der Waals surface area contributed by atoms with Crippen LogP contribution < -0.4 is 15.8 Å². The average Bonchev–Trinajstić information content (AvgIpc) is 3.23. The molecule has 2 fully saturated rings. The van der Waals surface area contributed by atoms with Gasteiger partial charge in [-0.15, -0.1) is 12.4 Å². The van der Waals surface area contributed by atoms with Crippen molar-refractivity contribution in [2.24, 2.45) is 11.7 Å². The number of ether oxygens (including phenoxy) is 1. The Labute approximate surface area is 138 Å². The van der Waals surface area contributed by atoms with Gasteiger partial charge in [0.15, 0.2) is 0 Å². The molecule has 2 saturated carbocycles. The van der Waals surface area contributed by atoms with Crippen LogP contribution in [0.1, 0.15) is 44.1 Å². The fraction of sp³-hybridized carbons (Fsp3) is 0.588. The molecule has 3 rings (SSSR count). The standard InChI is InChI=1S/C17H24N2O2.ClH/c18-17(9-3-4-10-17)16(20)19-11-14-5-1-2-6-15(14)21-12-13-7-8-13;/h1-2,5-6,13H,3-4,7-12,18H2,(H,19,20);1H. The second-order valence-corrected chi connectivity index (χ2v) is 6.41. The number of para-hydroxylation sites is 1. The van der Waals surface area contributed by atoms with Crippen LogP contribution in [0.25, 0.3) is 0 Å². The SMILES string of the molecule is Cl.NC1(C(=O)NCc2ccccc2OCC2CC2)CCCC1. The molecule has 0 radical (unpaired) electrons. The number of hydrogen-bond acceptors (Lipinski definition) is 3. The van der Waals surface area contributed by atoms with Crippen molar-refractivity contribution in [2.75, 3.05) is 6.61 Å². The van der Waals surface area contributed by atoms with E-state index in [0.717, 1.165) is 49.5 Å². The van der Waals surface area contributed by atoms with Gasteiger partial charge < -0.3 is 15.8 Å². The van der Waals surface area contributed by atoms with Gasteiger partial charge >= 0.3 is 0 Å². The van der Waals surface area contributed by atoms with Crippen LogP contribution in [0, 0.1) is 5.92 Å². The minimum atomic E-state index is -0.663. The van der Waals surface area contributed by atoms with E-state index in [1.165, 1.54) is 12.8 Å². The molecular formula is C17H25ClN2O2. The zero-order valence-electron chi connectivity index (χ0n) is 12.8. The van der Waals surface area contributed by atoms with Crippen LogP contribution >= 0.6 is 12.4 Å². The number of hydrogen-bond donors (Lipinski definition) is 2. The van der Waals surface area contributed by atoms with E-state index in [1.807, 2.05) is 24.3 Å². The summed E-state index contributed by atoms with van der Waals surface area (Å²) in [6, 6.07) is 7.91. The summed E-state index contributed by atoms with van der Waals surface area (Å²) in [4.78, 5) is 12.3. The molecule has 2 aliphatic carbocycles. The maximum Gasteiger partial charge on any atom is 0.240 e. The summed E-state index contributed by atoms with van der Waals surface area (Å²) in [6.45, 7) is 1.27. The molecule has 0 bridgehead atoms. The number of carbonyl (C=O) groups is 1. The first-order valence-corrected chi connectivity index (χ1v) is 7.95. The van der Waals surface area contributed by atoms with E-state index in [2.05, 4.69) is 5.32 Å². The van der Waals surface area contributed by atoms with E-state index in [-0.39, 0.29) is 18.3 Å². The van der Waals surface area contributed by atoms with E-state index in [0.29, 0.717) is 6.54 Å². The third-order valence-corrected chi connectivity index (χ3v) is 4.53. The Bertz CT molecular complexity index is 511. The second kappa shape index (κ2) is 7.34. The zero-order chi connectivity index (χ0) is 14.7. The summed E-state index contributed by atoms with van der Waals surface area (Å²) in [7, 11) is 0. The summed E-state index contributed by atoms with van der Waals surface area (Å²) in [5.74, 6) is 1.57. The van der Waals surface area contributed by atoms with Gasteiger partial charge in [0.25, 0.3) is 0 Å². The quantitative estimate of drug-likeness (QED) is 0.845. The Hall–Kier alpha value is -1.26.